The zero-order valence-corrected chi connectivity index (χ0v) is 18.1. The number of ether oxygens (including phenoxy) is 1. The fraction of sp³-hybridized carbons (Fsp3) is 0.333. The second-order valence-corrected chi connectivity index (χ2v) is 7.49. The highest BCUT2D eigenvalue weighted by atomic mass is 19.4. The van der Waals surface area contributed by atoms with E-state index in [1.807, 2.05) is 6.92 Å². The monoisotopic (exact) mass is 449 g/mol. The molecule has 0 aliphatic rings. The number of rotatable bonds is 9. The summed E-state index contributed by atoms with van der Waals surface area (Å²) in [5.41, 5.74) is 0.758. The van der Waals surface area contributed by atoms with Crippen LogP contribution in [-0.2, 0) is 22.4 Å². The maximum Gasteiger partial charge on any atom is 0.416 e. The Kier molecular flexibility index (Phi) is 8.46. The average Bonchev–Trinajstić information content (AvgIpc) is 2.71. The van der Waals surface area contributed by atoms with Crippen molar-refractivity contribution in [3.63, 3.8) is 0 Å². The number of halogens is 3. The third-order valence-electron chi connectivity index (χ3n) is 4.59. The van der Waals surface area contributed by atoms with Gasteiger partial charge in [0.1, 0.15) is 12.4 Å². The number of amides is 1. The standard InChI is InChI=1S/C24H26F3NO4/c1-4-5-22(29)28(16(2)3)20-12-11-19(24(25,26)27)14-21(20)32-15-18-8-6-17(7-9-18)10-13-23(30)31/h6-14,16H,4-5,15H2,1-3H3,(H,30,31)/b13-10+. The van der Waals surface area contributed by atoms with E-state index >= 15 is 0 Å². The van der Waals surface area contributed by atoms with Gasteiger partial charge < -0.3 is 14.7 Å². The van der Waals surface area contributed by atoms with E-state index in [0.29, 0.717) is 17.5 Å². The molecule has 0 saturated carbocycles. The number of carbonyl (C=O) groups is 2. The molecule has 0 aromatic heterocycles. The van der Waals surface area contributed by atoms with Crippen LogP contribution in [0.25, 0.3) is 6.08 Å². The molecular weight excluding hydrogens is 423 g/mol. The molecule has 5 nitrogen and oxygen atoms in total. The van der Waals surface area contributed by atoms with Crippen molar-refractivity contribution in [2.45, 2.75) is 52.4 Å². The molecule has 0 atom stereocenters. The molecule has 0 saturated heterocycles. The molecule has 2 rings (SSSR count). The van der Waals surface area contributed by atoms with E-state index in [0.717, 1.165) is 18.2 Å². The Morgan fingerprint density at radius 2 is 1.78 bits per heavy atom. The minimum atomic E-state index is -4.55. The van der Waals surface area contributed by atoms with Gasteiger partial charge in [0.15, 0.2) is 0 Å². The van der Waals surface area contributed by atoms with Crippen molar-refractivity contribution < 1.29 is 32.6 Å². The van der Waals surface area contributed by atoms with Gasteiger partial charge in [-0.05, 0) is 55.7 Å². The van der Waals surface area contributed by atoms with Crippen LogP contribution >= 0.6 is 0 Å². The lowest BCUT2D eigenvalue weighted by molar-refractivity contribution is -0.137. The molecule has 2 aromatic rings. The summed E-state index contributed by atoms with van der Waals surface area (Å²) in [4.78, 5) is 24.7. The van der Waals surface area contributed by atoms with Gasteiger partial charge in [0.25, 0.3) is 0 Å². The molecule has 8 heteroatoms. The molecule has 0 heterocycles. The van der Waals surface area contributed by atoms with Gasteiger partial charge in [-0.2, -0.15) is 13.2 Å². The predicted octanol–water partition coefficient (Wildman–Crippen LogP) is 5.92. The van der Waals surface area contributed by atoms with Gasteiger partial charge in [-0.3, -0.25) is 4.79 Å². The Balaban J connectivity index is 2.35. The van der Waals surface area contributed by atoms with Crippen molar-refractivity contribution in [2.24, 2.45) is 0 Å². The third kappa shape index (κ3) is 6.87. The lowest BCUT2D eigenvalue weighted by Crippen LogP contribution is -2.37. The topological polar surface area (TPSA) is 66.8 Å². The number of hydrogen-bond acceptors (Lipinski definition) is 3. The fourth-order valence-corrected chi connectivity index (χ4v) is 3.09. The third-order valence-corrected chi connectivity index (χ3v) is 4.59. The smallest absolute Gasteiger partial charge is 0.416 e. The highest BCUT2D eigenvalue weighted by Crippen LogP contribution is 2.38. The van der Waals surface area contributed by atoms with Crippen LogP contribution in [0, 0.1) is 0 Å². The first kappa shape index (κ1) is 25.0. The minimum absolute atomic E-state index is 0.0227. The number of carbonyl (C=O) groups excluding carboxylic acids is 1. The molecule has 1 amide bonds. The Morgan fingerprint density at radius 1 is 1.12 bits per heavy atom. The number of carboxylic acid groups (broad SMARTS) is 1. The molecule has 0 bridgehead atoms. The highest BCUT2D eigenvalue weighted by Gasteiger charge is 2.32. The summed E-state index contributed by atoms with van der Waals surface area (Å²) in [7, 11) is 0. The van der Waals surface area contributed by atoms with E-state index in [1.165, 1.54) is 17.0 Å². The zero-order chi connectivity index (χ0) is 23.9. The van der Waals surface area contributed by atoms with Crippen LogP contribution in [0.3, 0.4) is 0 Å². The van der Waals surface area contributed by atoms with E-state index in [4.69, 9.17) is 9.84 Å². The van der Waals surface area contributed by atoms with E-state index in [2.05, 4.69) is 0 Å². The lowest BCUT2D eigenvalue weighted by Gasteiger charge is -2.29. The van der Waals surface area contributed by atoms with Gasteiger partial charge in [-0.1, -0.05) is 31.2 Å². The number of benzene rings is 2. The second kappa shape index (κ2) is 10.8. The Bertz CT molecular complexity index is 966. The summed E-state index contributed by atoms with van der Waals surface area (Å²) in [5.74, 6) is -1.30. The van der Waals surface area contributed by atoms with E-state index < -0.39 is 17.7 Å². The van der Waals surface area contributed by atoms with Gasteiger partial charge in [0.2, 0.25) is 5.91 Å². The van der Waals surface area contributed by atoms with E-state index in [1.54, 1.807) is 38.1 Å². The Labute approximate surface area is 185 Å². The normalized spacial score (nSPS) is 11.7. The summed E-state index contributed by atoms with van der Waals surface area (Å²) in [6, 6.07) is 9.59. The molecule has 0 aliphatic heterocycles. The molecule has 0 fully saturated rings. The Morgan fingerprint density at radius 3 is 2.31 bits per heavy atom. The first-order valence-electron chi connectivity index (χ1n) is 10.2. The number of aliphatic carboxylic acids is 1. The molecule has 1 N–H and O–H groups in total. The second-order valence-electron chi connectivity index (χ2n) is 7.49. The molecule has 172 valence electrons. The summed E-state index contributed by atoms with van der Waals surface area (Å²) in [6.45, 7) is 5.41. The van der Waals surface area contributed by atoms with Crippen LogP contribution in [0.1, 0.15) is 50.3 Å². The summed E-state index contributed by atoms with van der Waals surface area (Å²) < 4.78 is 45.6. The Hall–Kier alpha value is -3.29. The lowest BCUT2D eigenvalue weighted by atomic mass is 10.1. The fourth-order valence-electron chi connectivity index (χ4n) is 3.09. The van der Waals surface area contributed by atoms with Gasteiger partial charge in [-0.25, -0.2) is 4.79 Å². The minimum Gasteiger partial charge on any atom is -0.487 e. The number of carboxylic acids is 1. The van der Waals surface area contributed by atoms with E-state index in [9.17, 15) is 22.8 Å². The molecule has 2 aromatic carbocycles. The largest absolute Gasteiger partial charge is 0.487 e. The number of alkyl halides is 3. The van der Waals surface area contributed by atoms with Crippen molar-refractivity contribution in [3.8, 4) is 5.75 Å². The molecule has 0 unspecified atom stereocenters. The van der Waals surface area contributed by atoms with Gasteiger partial charge in [-0.15, -0.1) is 0 Å². The maximum atomic E-state index is 13.3. The quantitative estimate of drug-likeness (QED) is 0.483. The highest BCUT2D eigenvalue weighted by molar-refractivity contribution is 5.95. The zero-order valence-electron chi connectivity index (χ0n) is 18.1. The first-order chi connectivity index (χ1) is 15.0. The molecule has 32 heavy (non-hydrogen) atoms. The van der Waals surface area contributed by atoms with Crippen molar-refractivity contribution in [3.05, 3.63) is 65.2 Å². The van der Waals surface area contributed by atoms with Crippen molar-refractivity contribution in [1.29, 1.82) is 0 Å². The van der Waals surface area contributed by atoms with E-state index in [-0.39, 0.29) is 36.4 Å². The van der Waals surface area contributed by atoms with Crippen LogP contribution in [0.2, 0.25) is 0 Å². The van der Waals surface area contributed by atoms with Crippen LogP contribution in [0.15, 0.2) is 48.5 Å². The van der Waals surface area contributed by atoms with Gasteiger partial charge >= 0.3 is 12.1 Å². The summed E-state index contributed by atoms with van der Waals surface area (Å²) in [5, 5.41) is 8.69. The molecule has 0 spiro atoms. The molecular formula is C24H26F3NO4. The van der Waals surface area contributed by atoms with Gasteiger partial charge in [0.05, 0.1) is 11.3 Å². The van der Waals surface area contributed by atoms with Crippen molar-refractivity contribution in [1.82, 2.24) is 0 Å². The average molecular weight is 449 g/mol. The number of anilines is 1. The number of nitrogens with zero attached hydrogens (tertiary/aromatic N) is 1. The molecule has 0 aliphatic carbocycles. The predicted molar refractivity (Wildman–Crippen MR) is 116 cm³/mol. The van der Waals surface area contributed by atoms with Crippen LogP contribution < -0.4 is 9.64 Å². The molecule has 0 radical (unpaired) electrons. The van der Waals surface area contributed by atoms with Crippen LogP contribution in [0.5, 0.6) is 5.75 Å². The summed E-state index contributed by atoms with van der Waals surface area (Å²) in [6.07, 6.45) is -1.23. The summed E-state index contributed by atoms with van der Waals surface area (Å²) >= 11 is 0. The van der Waals surface area contributed by atoms with Crippen molar-refractivity contribution in [2.75, 3.05) is 4.90 Å². The van der Waals surface area contributed by atoms with Crippen molar-refractivity contribution >= 4 is 23.6 Å². The van der Waals surface area contributed by atoms with Gasteiger partial charge in [0, 0.05) is 18.5 Å². The maximum absolute atomic E-state index is 13.3. The SMILES string of the molecule is CCCC(=O)N(c1ccc(C(F)(F)F)cc1OCc1ccc(/C=C/C(=O)O)cc1)C(C)C. The number of hydrogen-bond donors (Lipinski definition) is 1. The first-order valence-corrected chi connectivity index (χ1v) is 10.2. The van der Waals surface area contributed by atoms with Crippen LogP contribution in [-0.4, -0.2) is 23.0 Å². The van der Waals surface area contributed by atoms with Crippen LogP contribution in [0.4, 0.5) is 18.9 Å².